The third kappa shape index (κ3) is 11.7. The highest BCUT2D eigenvalue weighted by molar-refractivity contribution is 5.95. The molecule has 7 nitrogen and oxygen atoms in total. The van der Waals surface area contributed by atoms with Gasteiger partial charge in [-0.1, -0.05) is 54.7 Å². The summed E-state index contributed by atoms with van der Waals surface area (Å²) in [7, 11) is 1.94. The number of allylic oxidation sites excluding steroid dienone is 7. The van der Waals surface area contributed by atoms with Crippen LogP contribution in [0.3, 0.4) is 0 Å². The van der Waals surface area contributed by atoms with Gasteiger partial charge in [0.25, 0.3) is 5.91 Å². The molecule has 1 atom stereocenters. The fourth-order valence-electron chi connectivity index (χ4n) is 4.01. The van der Waals surface area contributed by atoms with Crippen molar-refractivity contribution >= 4 is 24.1 Å². The first-order valence-corrected chi connectivity index (χ1v) is 13.7. The van der Waals surface area contributed by atoms with E-state index >= 15 is 0 Å². The maximum absolute atomic E-state index is 12.5. The van der Waals surface area contributed by atoms with Gasteiger partial charge < -0.3 is 24.7 Å². The van der Waals surface area contributed by atoms with Crippen molar-refractivity contribution in [3.63, 3.8) is 0 Å². The zero-order chi connectivity index (χ0) is 28.9. The minimum Gasteiger partial charge on any atom is -0.455 e. The van der Waals surface area contributed by atoms with Crippen molar-refractivity contribution in [1.29, 1.82) is 0 Å². The van der Waals surface area contributed by atoms with E-state index < -0.39 is 0 Å². The second kappa shape index (κ2) is 20.3. The molecule has 0 aliphatic heterocycles. The number of fused-ring (bicyclic) bond motifs is 1. The van der Waals surface area contributed by atoms with Crippen molar-refractivity contribution in [1.82, 2.24) is 15.5 Å². The Morgan fingerprint density at radius 2 is 1.97 bits per heavy atom. The van der Waals surface area contributed by atoms with Gasteiger partial charge in [-0.15, -0.1) is 13.2 Å². The Morgan fingerprint density at radius 3 is 2.62 bits per heavy atom. The van der Waals surface area contributed by atoms with Crippen LogP contribution in [0.5, 0.6) is 0 Å². The molecule has 2 aliphatic carbocycles. The lowest BCUT2D eigenvalue weighted by atomic mass is 9.98. The van der Waals surface area contributed by atoms with Crippen LogP contribution in [0.25, 0.3) is 6.08 Å². The highest BCUT2D eigenvalue weighted by Gasteiger charge is 2.20. The van der Waals surface area contributed by atoms with Crippen LogP contribution < -0.4 is 10.6 Å². The third-order valence-corrected chi connectivity index (χ3v) is 6.06. The Hall–Kier alpha value is -3.71. The number of nitrogens with zero attached hydrogens (tertiary/aromatic N) is 2. The number of furan rings is 1. The molecule has 0 saturated carbocycles. The summed E-state index contributed by atoms with van der Waals surface area (Å²) < 4.78 is 5.82. The molecule has 212 valence electrons. The molecular formula is C32H46N4O3. The van der Waals surface area contributed by atoms with Gasteiger partial charge in [-0.3, -0.25) is 9.79 Å². The van der Waals surface area contributed by atoms with E-state index in [9.17, 15) is 9.59 Å². The topological polar surface area (TPSA) is 86.9 Å². The number of rotatable bonds is 11. The standard InChI is InChI=1S/C22H32N4O2.C8H10O.C2H4/c1-5-24-20(26(6-2)16-15-23-4)13-10-14-25-22(27)21-17(3)18-11-8-7-9-12-19(18)28-21;9-7-6-8-4-2-1-3-5-8;1-2/h7-11,13,23H,5-6,12,14-16H2,1-4H3,(H,25,27);1-4,7-8H,5-6H2;1-2H2/b13-10-,24-20?;;. The lowest BCUT2D eigenvalue weighted by molar-refractivity contribution is -0.108. The third-order valence-electron chi connectivity index (χ3n) is 6.06. The maximum Gasteiger partial charge on any atom is 0.287 e. The largest absolute Gasteiger partial charge is 0.455 e. The number of carbonyl (C=O) groups is 2. The summed E-state index contributed by atoms with van der Waals surface area (Å²) in [5, 5.41) is 6.08. The monoisotopic (exact) mass is 534 g/mol. The van der Waals surface area contributed by atoms with Crippen LogP contribution in [0, 0.1) is 12.8 Å². The van der Waals surface area contributed by atoms with Crippen LogP contribution in [-0.2, 0) is 11.2 Å². The summed E-state index contributed by atoms with van der Waals surface area (Å²) in [6, 6.07) is 0. The molecule has 1 heterocycles. The maximum atomic E-state index is 12.5. The quantitative estimate of drug-likeness (QED) is 0.170. The fraction of sp³-hybridized carbons (Fsp3) is 0.406. The van der Waals surface area contributed by atoms with E-state index in [1.54, 1.807) is 0 Å². The SMILES string of the molecule is C=C.CCN=C(/C=C\CNC(=O)c1oc2c(c1C)C=CC=CC2)N(CC)CCNC.O=CCC1C=CC=CC1. The second-order valence-corrected chi connectivity index (χ2v) is 8.72. The molecule has 0 aromatic carbocycles. The van der Waals surface area contributed by atoms with Crippen LogP contribution in [0.15, 0.2) is 77.3 Å². The molecule has 0 saturated heterocycles. The number of hydrogen-bond donors (Lipinski definition) is 2. The number of likely N-dealkylation sites (N-methyl/N-ethyl adjacent to an activating group) is 2. The molecule has 1 aromatic heterocycles. The van der Waals surface area contributed by atoms with E-state index in [-0.39, 0.29) is 5.91 Å². The molecule has 2 aliphatic rings. The Balaban J connectivity index is 0.000000578. The first kappa shape index (κ1) is 33.3. The van der Waals surface area contributed by atoms with Gasteiger partial charge in [0.2, 0.25) is 0 Å². The Bertz CT molecular complexity index is 1060. The van der Waals surface area contributed by atoms with Gasteiger partial charge in [0.05, 0.1) is 0 Å². The molecule has 1 amide bonds. The number of hydrogen-bond acceptors (Lipinski definition) is 5. The Labute approximate surface area is 234 Å². The number of aliphatic imine (C=N–C) groups is 1. The molecule has 0 bridgehead atoms. The summed E-state index contributed by atoms with van der Waals surface area (Å²) in [5.74, 6) is 2.44. The molecule has 1 aromatic rings. The molecular weight excluding hydrogens is 488 g/mol. The highest BCUT2D eigenvalue weighted by Crippen LogP contribution is 2.26. The van der Waals surface area contributed by atoms with Gasteiger partial charge in [-0.05, 0) is 46.2 Å². The summed E-state index contributed by atoms with van der Waals surface area (Å²) >= 11 is 0. The molecule has 0 spiro atoms. The van der Waals surface area contributed by atoms with E-state index in [1.807, 2.05) is 69.5 Å². The molecule has 1 unspecified atom stereocenters. The van der Waals surface area contributed by atoms with Crippen molar-refractivity contribution in [2.75, 3.05) is 39.8 Å². The molecule has 0 fully saturated rings. The van der Waals surface area contributed by atoms with Crippen molar-refractivity contribution in [2.45, 2.75) is 40.0 Å². The van der Waals surface area contributed by atoms with Crippen molar-refractivity contribution in [3.8, 4) is 0 Å². The van der Waals surface area contributed by atoms with Gasteiger partial charge in [-0.25, -0.2) is 0 Å². The molecule has 39 heavy (non-hydrogen) atoms. The van der Waals surface area contributed by atoms with Crippen molar-refractivity contribution in [3.05, 3.63) is 90.5 Å². The molecule has 0 radical (unpaired) electrons. The second-order valence-electron chi connectivity index (χ2n) is 8.72. The zero-order valence-electron chi connectivity index (χ0n) is 24.1. The van der Waals surface area contributed by atoms with Crippen LogP contribution in [0.2, 0.25) is 0 Å². The van der Waals surface area contributed by atoms with Crippen LogP contribution in [-0.4, -0.2) is 62.7 Å². The number of carbonyl (C=O) groups excluding carboxylic acids is 2. The first-order valence-electron chi connectivity index (χ1n) is 13.7. The number of aldehydes is 1. The smallest absolute Gasteiger partial charge is 0.287 e. The number of nitrogens with one attached hydrogen (secondary N) is 2. The lowest BCUT2D eigenvalue weighted by Crippen LogP contribution is -2.35. The predicted molar refractivity (Wildman–Crippen MR) is 164 cm³/mol. The van der Waals surface area contributed by atoms with Crippen molar-refractivity contribution in [2.24, 2.45) is 10.9 Å². The van der Waals surface area contributed by atoms with Crippen molar-refractivity contribution < 1.29 is 14.0 Å². The summed E-state index contributed by atoms with van der Waals surface area (Å²) in [5.41, 5.74) is 1.89. The molecule has 3 rings (SSSR count). The van der Waals surface area contributed by atoms with Gasteiger partial charge >= 0.3 is 0 Å². The predicted octanol–water partition coefficient (Wildman–Crippen LogP) is 5.47. The van der Waals surface area contributed by atoms with E-state index in [4.69, 9.17) is 4.42 Å². The van der Waals surface area contributed by atoms with E-state index in [1.165, 1.54) is 0 Å². The molecule has 7 heteroatoms. The average Bonchev–Trinajstić information content (AvgIpc) is 3.12. The summed E-state index contributed by atoms with van der Waals surface area (Å²) in [4.78, 5) is 29.3. The minimum atomic E-state index is -0.191. The zero-order valence-corrected chi connectivity index (χ0v) is 24.1. The van der Waals surface area contributed by atoms with E-state index in [0.717, 1.165) is 61.6 Å². The van der Waals surface area contributed by atoms with Crippen LogP contribution in [0.4, 0.5) is 0 Å². The molecule has 2 N–H and O–H groups in total. The highest BCUT2D eigenvalue weighted by atomic mass is 16.4. The van der Waals surface area contributed by atoms with Gasteiger partial charge in [0.15, 0.2) is 5.76 Å². The fourth-order valence-corrected chi connectivity index (χ4v) is 4.01. The first-order chi connectivity index (χ1) is 19.0. The van der Waals surface area contributed by atoms with Gasteiger partial charge in [0, 0.05) is 56.7 Å². The van der Waals surface area contributed by atoms with Gasteiger partial charge in [-0.2, -0.15) is 0 Å². The Morgan fingerprint density at radius 1 is 1.21 bits per heavy atom. The Kier molecular flexibility index (Phi) is 17.3. The van der Waals surface area contributed by atoms with E-state index in [0.29, 0.717) is 31.1 Å². The summed E-state index contributed by atoms with van der Waals surface area (Å²) in [6.07, 6.45) is 23.4. The normalized spacial score (nSPS) is 15.5. The van der Waals surface area contributed by atoms with Gasteiger partial charge in [0.1, 0.15) is 17.9 Å². The lowest BCUT2D eigenvalue weighted by Gasteiger charge is -2.22. The van der Waals surface area contributed by atoms with E-state index in [2.05, 4.69) is 52.8 Å². The van der Waals surface area contributed by atoms with Crippen LogP contribution in [0.1, 0.15) is 54.1 Å². The minimum absolute atomic E-state index is 0.191. The average molecular weight is 535 g/mol. The van der Waals surface area contributed by atoms with Crippen LogP contribution >= 0.6 is 0 Å². The number of amides is 1. The summed E-state index contributed by atoms with van der Waals surface area (Å²) in [6.45, 7) is 15.9. The number of amidine groups is 1.